The van der Waals surface area contributed by atoms with Crippen LogP contribution in [-0.4, -0.2) is 17.6 Å². The second kappa shape index (κ2) is 5.97. The fourth-order valence-electron chi connectivity index (χ4n) is 1.31. The van der Waals surface area contributed by atoms with E-state index < -0.39 is 5.97 Å². The molecule has 0 bridgehead atoms. The molecule has 0 aliphatic rings. The van der Waals surface area contributed by atoms with Crippen LogP contribution >= 0.6 is 0 Å². The Kier molecular flexibility index (Phi) is 5.71. The SMILES string of the molecule is CC(C)C(C)CC(CN)CC(=O)O. The van der Waals surface area contributed by atoms with Gasteiger partial charge in [-0.05, 0) is 30.7 Å². The molecule has 0 aromatic carbocycles. The van der Waals surface area contributed by atoms with Crippen LogP contribution < -0.4 is 5.73 Å². The molecule has 13 heavy (non-hydrogen) atoms. The molecular weight excluding hydrogens is 166 g/mol. The summed E-state index contributed by atoms with van der Waals surface area (Å²) >= 11 is 0. The molecule has 0 aromatic rings. The molecule has 2 unspecified atom stereocenters. The molecule has 0 saturated carbocycles. The van der Waals surface area contributed by atoms with Crippen molar-refractivity contribution >= 4 is 5.97 Å². The highest BCUT2D eigenvalue weighted by Gasteiger charge is 2.16. The summed E-state index contributed by atoms with van der Waals surface area (Å²) in [4.78, 5) is 10.5. The van der Waals surface area contributed by atoms with E-state index in [1.807, 2.05) is 0 Å². The Labute approximate surface area is 80.3 Å². The second-order valence-electron chi connectivity index (χ2n) is 4.16. The summed E-state index contributed by atoms with van der Waals surface area (Å²) in [6.07, 6.45) is 1.12. The van der Waals surface area contributed by atoms with Gasteiger partial charge in [0, 0.05) is 6.42 Å². The fourth-order valence-corrected chi connectivity index (χ4v) is 1.31. The monoisotopic (exact) mass is 187 g/mol. The quantitative estimate of drug-likeness (QED) is 0.665. The molecule has 0 amide bonds. The first-order chi connectivity index (χ1) is 5.97. The van der Waals surface area contributed by atoms with Gasteiger partial charge >= 0.3 is 5.97 Å². The van der Waals surface area contributed by atoms with Crippen LogP contribution in [0.25, 0.3) is 0 Å². The number of nitrogens with two attached hydrogens (primary N) is 1. The summed E-state index contributed by atoms with van der Waals surface area (Å²) < 4.78 is 0. The number of hydrogen-bond acceptors (Lipinski definition) is 2. The summed E-state index contributed by atoms with van der Waals surface area (Å²) in [5.74, 6) is 0.539. The molecule has 3 N–H and O–H groups in total. The van der Waals surface area contributed by atoms with E-state index in [-0.39, 0.29) is 12.3 Å². The van der Waals surface area contributed by atoms with E-state index in [4.69, 9.17) is 10.8 Å². The van der Waals surface area contributed by atoms with Crippen molar-refractivity contribution < 1.29 is 9.90 Å². The third-order valence-electron chi connectivity index (χ3n) is 2.64. The van der Waals surface area contributed by atoms with Crippen LogP contribution in [0.2, 0.25) is 0 Å². The van der Waals surface area contributed by atoms with Crippen molar-refractivity contribution in [1.82, 2.24) is 0 Å². The van der Waals surface area contributed by atoms with E-state index in [9.17, 15) is 4.79 Å². The Morgan fingerprint density at radius 1 is 1.38 bits per heavy atom. The standard InChI is InChI=1S/C10H21NO2/c1-7(2)8(3)4-9(6-11)5-10(12)13/h7-9H,4-6,11H2,1-3H3,(H,12,13). The topological polar surface area (TPSA) is 63.3 Å². The van der Waals surface area contributed by atoms with Crippen molar-refractivity contribution in [2.75, 3.05) is 6.54 Å². The minimum absolute atomic E-state index is 0.134. The van der Waals surface area contributed by atoms with Crippen LogP contribution in [0, 0.1) is 17.8 Å². The number of carbonyl (C=O) groups is 1. The van der Waals surface area contributed by atoms with Crippen molar-refractivity contribution in [2.24, 2.45) is 23.5 Å². The van der Waals surface area contributed by atoms with Gasteiger partial charge in [0.15, 0.2) is 0 Å². The summed E-state index contributed by atoms with van der Waals surface area (Å²) in [7, 11) is 0. The molecule has 3 heteroatoms. The summed E-state index contributed by atoms with van der Waals surface area (Å²) in [5.41, 5.74) is 5.51. The lowest BCUT2D eigenvalue weighted by molar-refractivity contribution is -0.138. The van der Waals surface area contributed by atoms with Crippen molar-refractivity contribution in [3.63, 3.8) is 0 Å². The molecule has 0 aromatic heterocycles. The zero-order valence-corrected chi connectivity index (χ0v) is 8.79. The van der Waals surface area contributed by atoms with Gasteiger partial charge in [-0.25, -0.2) is 0 Å². The van der Waals surface area contributed by atoms with E-state index in [0.717, 1.165) is 6.42 Å². The highest BCUT2D eigenvalue weighted by molar-refractivity contribution is 5.67. The molecule has 0 heterocycles. The van der Waals surface area contributed by atoms with E-state index in [1.54, 1.807) is 0 Å². The Bertz CT molecular complexity index is 157. The van der Waals surface area contributed by atoms with Crippen molar-refractivity contribution in [3.05, 3.63) is 0 Å². The number of rotatable bonds is 6. The largest absolute Gasteiger partial charge is 0.481 e. The number of hydrogen-bond donors (Lipinski definition) is 2. The van der Waals surface area contributed by atoms with Crippen molar-refractivity contribution in [1.29, 1.82) is 0 Å². The zero-order chi connectivity index (χ0) is 10.4. The van der Waals surface area contributed by atoms with Crippen molar-refractivity contribution in [3.8, 4) is 0 Å². The summed E-state index contributed by atoms with van der Waals surface area (Å²) in [5, 5.41) is 8.61. The van der Waals surface area contributed by atoms with Crippen LogP contribution in [0.5, 0.6) is 0 Å². The maximum Gasteiger partial charge on any atom is 0.303 e. The van der Waals surface area contributed by atoms with Gasteiger partial charge in [0.25, 0.3) is 0 Å². The minimum Gasteiger partial charge on any atom is -0.481 e. The normalized spacial score (nSPS) is 15.8. The highest BCUT2D eigenvalue weighted by atomic mass is 16.4. The van der Waals surface area contributed by atoms with Gasteiger partial charge in [-0.2, -0.15) is 0 Å². The van der Waals surface area contributed by atoms with E-state index in [2.05, 4.69) is 20.8 Å². The molecule has 0 radical (unpaired) electrons. The van der Waals surface area contributed by atoms with Gasteiger partial charge in [-0.1, -0.05) is 20.8 Å². The molecular formula is C10H21NO2. The lowest BCUT2D eigenvalue weighted by Crippen LogP contribution is -2.22. The molecule has 78 valence electrons. The molecule has 0 fully saturated rings. The van der Waals surface area contributed by atoms with Gasteiger partial charge in [0.05, 0.1) is 0 Å². The number of carboxylic acids is 1. The molecule has 0 spiro atoms. The first-order valence-electron chi connectivity index (χ1n) is 4.89. The Balaban J connectivity index is 3.90. The zero-order valence-electron chi connectivity index (χ0n) is 8.79. The average Bonchev–Trinajstić information content (AvgIpc) is 2.02. The highest BCUT2D eigenvalue weighted by Crippen LogP contribution is 2.21. The first kappa shape index (κ1) is 12.4. The second-order valence-corrected chi connectivity index (χ2v) is 4.16. The van der Waals surface area contributed by atoms with E-state index in [0.29, 0.717) is 18.4 Å². The Morgan fingerprint density at radius 3 is 2.23 bits per heavy atom. The van der Waals surface area contributed by atoms with Gasteiger partial charge in [0.1, 0.15) is 0 Å². The fraction of sp³-hybridized carbons (Fsp3) is 0.900. The van der Waals surface area contributed by atoms with Crippen molar-refractivity contribution in [2.45, 2.75) is 33.6 Å². The molecule has 0 saturated heterocycles. The molecule has 0 aliphatic carbocycles. The maximum absolute atomic E-state index is 10.5. The summed E-state index contributed by atoms with van der Waals surface area (Å²) in [6, 6.07) is 0. The number of aliphatic carboxylic acids is 1. The van der Waals surface area contributed by atoms with E-state index in [1.165, 1.54) is 0 Å². The lowest BCUT2D eigenvalue weighted by Gasteiger charge is -2.20. The molecule has 3 nitrogen and oxygen atoms in total. The molecule has 0 aliphatic heterocycles. The van der Waals surface area contributed by atoms with Gasteiger partial charge in [0.2, 0.25) is 0 Å². The summed E-state index contributed by atoms with van der Waals surface area (Å²) in [6.45, 7) is 6.93. The van der Waals surface area contributed by atoms with Crippen LogP contribution in [0.4, 0.5) is 0 Å². The third kappa shape index (κ3) is 5.64. The smallest absolute Gasteiger partial charge is 0.303 e. The van der Waals surface area contributed by atoms with E-state index >= 15 is 0 Å². The van der Waals surface area contributed by atoms with Gasteiger partial charge < -0.3 is 10.8 Å². The van der Waals surface area contributed by atoms with Gasteiger partial charge in [-0.15, -0.1) is 0 Å². The first-order valence-corrected chi connectivity index (χ1v) is 4.89. The maximum atomic E-state index is 10.5. The van der Waals surface area contributed by atoms with Crippen LogP contribution in [0.1, 0.15) is 33.6 Å². The lowest BCUT2D eigenvalue weighted by atomic mass is 9.86. The predicted octanol–water partition coefficient (Wildman–Crippen LogP) is 1.72. The molecule has 0 rings (SSSR count). The Hall–Kier alpha value is -0.570. The average molecular weight is 187 g/mol. The minimum atomic E-state index is -0.744. The Morgan fingerprint density at radius 2 is 1.92 bits per heavy atom. The number of carboxylic acid groups (broad SMARTS) is 1. The third-order valence-corrected chi connectivity index (χ3v) is 2.64. The van der Waals surface area contributed by atoms with Gasteiger partial charge in [-0.3, -0.25) is 4.79 Å². The van der Waals surface area contributed by atoms with Crippen LogP contribution in [0.3, 0.4) is 0 Å². The van der Waals surface area contributed by atoms with Crippen LogP contribution in [-0.2, 0) is 4.79 Å². The molecule has 2 atom stereocenters. The predicted molar refractivity (Wildman–Crippen MR) is 53.4 cm³/mol. The van der Waals surface area contributed by atoms with Crippen LogP contribution in [0.15, 0.2) is 0 Å².